The molecule has 8 nitrogen and oxygen atoms in total. The fourth-order valence-corrected chi connectivity index (χ4v) is 2.38. The van der Waals surface area contributed by atoms with Crippen LogP contribution >= 0.6 is 0 Å². The molecule has 0 aliphatic rings. The first-order chi connectivity index (χ1) is 9.38. The molecule has 1 heterocycles. The van der Waals surface area contributed by atoms with Gasteiger partial charge in [-0.3, -0.25) is 10.1 Å². The Hall–Kier alpha value is -2.55. The second-order valence-electron chi connectivity index (χ2n) is 3.88. The molecule has 0 atom stereocenters. The molecule has 0 amide bonds. The maximum absolute atomic E-state index is 12.0. The van der Waals surface area contributed by atoms with Crippen molar-refractivity contribution in [3.63, 3.8) is 0 Å². The Bertz CT molecular complexity index is 743. The van der Waals surface area contributed by atoms with Gasteiger partial charge >= 0.3 is 0 Å². The highest BCUT2D eigenvalue weighted by atomic mass is 32.2. The van der Waals surface area contributed by atoms with Crippen LogP contribution in [0.25, 0.3) is 0 Å². The van der Waals surface area contributed by atoms with Gasteiger partial charge in [-0.2, -0.15) is 0 Å². The smallest absolute Gasteiger partial charge is 0.258 e. The Kier molecular flexibility index (Phi) is 3.61. The van der Waals surface area contributed by atoms with E-state index in [4.69, 9.17) is 0 Å². The van der Waals surface area contributed by atoms with Gasteiger partial charge in [0.15, 0.2) is 0 Å². The van der Waals surface area contributed by atoms with Gasteiger partial charge in [-0.25, -0.2) is 23.1 Å². The Morgan fingerprint density at radius 1 is 1.20 bits per heavy atom. The third-order valence-electron chi connectivity index (χ3n) is 2.38. The third-order valence-corrected chi connectivity index (χ3v) is 3.72. The van der Waals surface area contributed by atoms with Crippen molar-refractivity contribution in [2.75, 3.05) is 4.72 Å². The fourth-order valence-electron chi connectivity index (χ4n) is 1.42. The molecule has 104 valence electrons. The zero-order valence-electron chi connectivity index (χ0n) is 10.3. The van der Waals surface area contributed by atoms with Gasteiger partial charge in [-0.05, 0) is 25.1 Å². The zero-order chi connectivity index (χ0) is 14.8. The van der Waals surface area contributed by atoms with Gasteiger partial charge in [0.1, 0.15) is 0 Å². The Morgan fingerprint density at radius 3 is 2.40 bits per heavy atom. The van der Waals surface area contributed by atoms with E-state index in [1.54, 1.807) is 13.0 Å². The van der Waals surface area contributed by atoms with Crippen LogP contribution in [-0.2, 0) is 10.0 Å². The summed E-state index contributed by atoms with van der Waals surface area (Å²) in [5.74, 6) is -0.0525. The summed E-state index contributed by atoms with van der Waals surface area (Å²) in [7, 11) is -3.87. The van der Waals surface area contributed by atoms with E-state index in [2.05, 4.69) is 14.7 Å². The number of nitro groups is 1. The summed E-state index contributed by atoms with van der Waals surface area (Å²) < 4.78 is 26.3. The van der Waals surface area contributed by atoms with E-state index in [9.17, 15) is 18.5 Å². The lowest BCUT2D eigenvalue weighted by molar-refractivity contribution is -0.384. The predicted octanol–water partition coefficient (Wildman–Crippen LogP) is 1.49. The summed E-state index contributed by atoms with van der Waals surface area (Å²) in [6, 6.07) is 6.16. The molecular formula is C11H10N4O4S. The van der Waals surface area contributed by atoms with Gasteiger partial charge in [0.25, 0.3) is 15.7 Å². The lowest BCUT2D eigenvalue weighted by Gasteiger charge is -2.06. The van der Waals surface area contributed by atoms with E-state index in [1.165, 1.54) is 6.20 Å². The lowest BCUT2D eigenvalue weighted by atomic mass is 10.3. The number of aryl methyl sites for hydroxylation is 1. The van der Waals surface area contributed by atoms with Gasteiger partial charge in [-0.15, -0.1) is 0 Å². The molecule has 0 bridgehead atoms. The fraction of sp³-hybridized carbons (Fsp3) is 0.0909. The Morgan fingerprint density at radius 2 is 1.85 bits per heavy atom. The highest BCUT2D eigenvalue weighted by Crippen LogP contribution is 2.17. The number of hydrogen-bond acceptors (Lipinski definition) is 6. The van der Waals surface area contributed by atoms with E-state index in [-0.39, 0.29) is 16.5 Å². The van der Waals surface area contributed by atoms with Crippen LogP contribution in [-0.4, -0.2) is 23.3 Å². The summed E-state index contributed by atoms with van der Waals surface area (Å²) in [5, 5.41) is 10.5. The van der Waals surface area contributed by atoms with E-state index in [0.29, 0.717) is 5.69 Å². The molecule has 0 radical (unpaired) electrons. The molecule has 9 heteroatoms. The molecule has 0 aliphatic carbocycles. The minimum absolute atomic E-state index is 0.0525. The van der Waals surface area contributed by atoms with Crippen LogP contribution in [0.4, 0.5) is 11.6 Å². The summed E-state index contributed by atoms with van der Waals surface area (Å²) in [6.07, 6.45) is 1.43. The van der Waals surface area contributed by atoms with Crippen molar-refractivity contribution < 1.29 is 13.3 Å². The van der Waals surface area contributed by atoms with Crippen molar-refractivity contribution in [2.24, 2.45) is 0 Å². The van der Waals surface area contributed by atoms with Crippen molar-refractivity contribution in [1.29, 1.82) is 0 Å². The number of hydrogen-bond donors (Lipinski definition) is 1. The Labute approximate surface area is 114 Å². The van der Waals surface area contributed by atoms with Crippen LogP contribution in [0.1, 0.15) is 5.69 Å². The third kappa shape index (κ3) is 3.06. The number of non-ortho nitro benzene ring substituents is 1. The van der Waals surface area contributed by atoms with Crippen LogP contribution in [0.3, 0.4) is 0 Å². The molecule has 0 spiro atoms. The minimum Gasteiger partial charge on any atom is -0.258 e. The number of sulfonamides is 1. The highest BCUT2D eigenvalue weighted by molar-refractivity contribution is 7.92. The standard InChI is InChI=1S/C11H10N4O4S/c1-8-6-7-12-11(13-8)14-20(18,19)10-4-2-9(3-5-10)15(16)17/h2-7H,1H3,(H,12,13,14). The zero-order valence-corrected chi connectivity index (χ0v) is 11.2. The molecule has 0 saturated heterocycles. The second-order valence-corrected chi connectivity index (χ2v) is 5.56. The monoisotopic (exact) mass is 294 g/mol. The van der Waals surface area contributed by atoms with Crippen molar-refractivity contribution in [2.45, 2.75) is 11.8 Å². The first kappa shape index (κ1) is 13.9. The van der Waals surface area contributed by atoms with E-state index >= 15 is 0 Å². The average molecular weight is 294 g/mol. The number of nitrogens with zero attached hydrogens (tertiary/aromatic N) is 3. The number of nitro benzene ring substituents is 1. The summed E-state index contributed by atoms with van der Waals surface area (Å²) in [5.41, 5.74) is 0.428. The molecule has 0 aliphatic heterocycles. The SMILES string of the molecule is Cc1ccnc(NS(=O)(=O)c2ccc([N+](=O)[O-])cc2)n1. The first-order valence-electron chi connectivity index (χ1n) is 5.45. The molecule has 0 unspecified atom stereocenters. The number of rotatable bonds is 4. The van der Waals surface area contributed by atoms with Crippen LogP contribution in [0.5, 0.6) is 0 Å². The molecule has 1 N–H and O–H groups in total. The Balaban J connectivity index is 2.28. The molecule has 1 aromatic carbocycles. The van der Waals surface area contributed by atoms with Crippen LogP contribution in [0.15, 0.2) is 41.4 Å². The second kappa shape index (κ2) is 5.21. The number of nitrogens with one attached hydrogen (secondary N) is 1. The maximum Gasteiger partial charge on any atom is 0.269 e. The first-order valence-corrected chi connectivity index (χ1v) is 6.94. The molecular weight excluding hydrogens is 284 g/mol. The number of benzene rings is 1. The van der Waals surface area contributed by atoms with Gasteiger partial charge in [0, 0.05) is 24.0 Å². The van der Waals surface area contributed by atoms with Gasteiger partial charge < -0.3 is 0 Å². The number of anilines is 1. The van der Waals surface area contributed by atoms with Crippen LogP contribution in [0.2, 0.25) is 0 Å². The van der Waals surface area contributed by atoms with Crippen molar-refractivity contribution in [1.82, 2.24) is 9.97 Å². The molecule has 2 rings (SSSR count). The van der Waals surface area contributed by atoms with Gasteiger partial charge in [0.05, 0.1) is 9.82 Å². The molecule has 2 aromatic rings. The summed E-state index contributed by atoms with van der Waals surface area (Å²) >= 11 is 0. The summed E-state index contributed by atoms with van der Waals surface area (Å²) in [6.45, 7) is 1.70. The van der Waals surface area contributed by atoms with E-state index < -0.39 is 14.9 Å². The predicted molar refractivity (Wildman–Crippen MR) is 70.7 cm³/mol. The quantitative estimate of drug-likeness (QED) is 0.674. The minimum atomic E-state index is -3.87. The van der Waals surface area contributed by atoms with Crippen LogP contribution in [0, 0.1) is 17.0 Å². The van der Waals surface area contributed by atoms with Crippen molar-refractivity contribution >= 4 is 21.7 Å². The van der Waals surface area contributed by atoms with E-state index in [1.807, 2.05) is 0 Å². The van der Waals surface area contributed by atoms with E-state index in [0.717, 1.165) is 24.3 Å². The summed E-state index contributed by atoms with van der Waals surface area (Å²) in [4.78, 5) is 17.5. The van der Waals surface area contributed by atoms with Crippen molar-refractivity contribution in [3.8, 4) is 0 Å². The largest absolute Gasteiger partial charge is 0.269 e. The highest BCUT2D eigenvalue weighted by Gasteiger charge is 2.17. The molecule has 20 heavy (non-hydrogen) atoms. The normalized spacial score (nSPS) is 11.1. The molecule has 1 aromatic heterocycles. The topological polar surface area (TPSA) is 115 Å². The molecule has 0 fully saturated rings. The molecule has 0 saturated carbocycles. The van der Waals surface area contributed by atoms with Gasteiger partial charge in [-0.1, -0.05) is 0 Å². The van der Waals surface area contributed by atoms with Crippen molar-refractivity contribution in [3.05, 3.63) is 52.3 Å². The van der Waals surface area contributed by atoms with Gasteiger partial charge in [0.2, 0.25) is 5.95 Å². The maximum atomic E-state index is 12.0. The number of aromatic nitrogens is 2. The lowest BCUT2D eigenvalue weighted by Crippen LogP contribution is -2.15. The average Bonchev–Trinajstić information content (AvgIpc) is 2.38. The van der Waals surface area contributed by atoms with Crippen LogP contribution < -0.4 is 4.72 Å².